The van der Waals surface area contributed by atoms with Crippen molar-refractivity contribution in [2.75, 3.05) is 4.81 Å². The van der Waals surface area contributed by atoms with Crippen molar-refractivity contribution in [2.45, 2.75) is 0 Å². The lowest BCUT2D eigenvalue weighted by Crippen LogP contribution is -2.57. The molecule has 2 heterocycles. The van der Waals surface area contributed by atoms with Gasteiger partial charge in [0.25, 0.3) is 0 Å². The summed E-state index contributed by atoms with van der Waals surface area (Å²) >= 11 is 0. The van der Waals surface area contributed by atoms with Gasteiger partial charge in [-0.25, -0.2) is 0 Å². The molecule has 122 valence electrons. The van der Waals surface area contributed by atoms with Crippen molar-refractivity contribution in [2.24, 2.45) is 0 Å². The Labute approximate surface area is 153 Å². The second-order valence-corrected chi connectivity index (χ2v) is 6.49. The van der Waals surface area contributed by atoms with Crippen LogP contribution in [0.1, 0.15) is 0 Å². The lowest BCUT2D eigenvalue weighted by Gasteiger charge is -2.38. The molecule has 1 aliphatic heterocycles. The Balaban J connectivity index is 1.83. The molecule has 0 unspecified atom stereocenters. The smallest absolute Gasteiger partial charge is 0.328 e. The monoisotopic (exact) mass is 332 g/mol. The molecule has 0 saturated heterocycles. The van der Waals surface area contributed by atoms with E-state index in [1.54, 1.807) is 0 Å². The van der Waals surface area contributed by atoms with Gasteiger partial charge in [-0.2, -0.15) is 0 Å². The van der Waals surface area contributed by atoms with Gasteiger partial charge in [0.05, 0.1) is 0 Å². The van der Waals surface area contributed by atoms with Gasteiger partial charge >= 0.3 is 6.85 Å². The highest BCUT2D eigenvalue weighted by atomic mass is 15.1. The van der Waals surface area contributed by atoms with E-state index in [9.17, 15) is 0 Å². The van der Waals surface area contributed by atoms with E-state index in [4.69, 9.17) is 0 Å². The summed E-state index contributed by atoms with van der Waals surface area (Å²) < 4.78 is 0. The molecular weight excluding hydrogens is 315 g/mol. The van der Waals surface area contributed by atoms with E-state index in [0.717, 1.165) is 5.69 Å². The Morgan fingerprint density at radius 2 is 1.27 bits per heavy atom. The third kappa shape index (κ3) is 2.32. The lowest BCUT2D eigenvalue weighted by atomic mass is 9.46. The molecule has 2 nitrogen and oxygen atoms in total. The first-order valence-electron chi connectivity index (χ1n) is 8.86. The third-order valence-electron chi connectivity index (χ3n) is 5.02. The predicted octanol–water partition coefficient (Wildman–Crippen LogP) is 4.01. The molecule has 0 N–H and O–H groups in total. The normalized spacial score (nSPS) is 12.5. The zero-order valence-corrected chi connectivity index (χ0v) is 14.3. The Morgan fingerprint density at radius 3 is 2.08 bits per heavy atom. The van der Waals surface area contributed by atoms with Gasteiger partial charge in [-0.05, 0) is 29.2 Å². The largest absolute Gasteiger partial charge is 0.376 e. The second-order valence-electron chi connectivity index (χ2n) is 6.49. The predicted molar refractivity (Wildman–Crippen MR) is 110 cm³/mol. The molecule has 5 rings (SSSR count). The van der Waals surface area contributed by atoms with Crippen molar-refractivity contribution in [1.82, 2.24) is 4.98 Å². The molecule has 0 bridgehead atoms. The summed E-state index contributed by atoms with van der Waals surface area (Å²) in [6.45, 7) is 0.129. The number of pyridine rings is 1. The number of fused-ring (bicyclic) bond motifs is 3. The van der Waals surface area contributed by atoms with E-state index in [2.05, 4.69) is 101 Å². The fourth-order valence-electron chi connectivity index (χ4n) is 3.93. The Hall–Kier alpha value is -3.33. The minimum Gasteiger partial charge on any atom is -0.376 e. The maximum absolute atomic E-state index is 4.21. The van der Waals surface area contributed by atoms with Gasteiger partial charge in [-0.1, -0.05) is 78.3 Å². The number of rotatable bonds is 2. The summed E-state index contributed by atoms with van der Waals surface area (Å²) in [5.74, 6) is 0. The van der Waals surface area contributed by atoms with Crippen LogP contribution in [0.4, 0.5) is 11.4 Å². The maximum Gasteiger partial charge on any atom is 0.328 e. The van der Waals surface area contributed by atoms with Crippen LogP contribution in [0.3, 0.4) is 0 Å². The van der Waals surface area contributed by atoms with Crippen LogP contribution in [0.5, 0.6) is 0 Å². The molecule has 0 amide bonds. The second kappa shape index (κ2) is 6.19. The first-order valence-corrected chi connectivity index (χ1v) is 8.86. The molecule has 0 aliphatic carbocycles. The van der Waals surface area contributed by atoms with Crippen LogP contribution in [0.25, 0.3) is 11.1 Å². The van der Waals surface area contributed by atoms with Gasteiger partial charge in [0.1, 0.15) is 0 Å². The minimum atomic E-state index is 0.129. The van der Waals surface area contributed by atoms with Crippen molar-refractivity contribution >= 4 is 29.1 Å². The number of hydrogen-bond donors (Lipinski definition) is 0. The summed E-state index contributed by atoms with van der Waals surface area (Å²) in [7, 11) is 0. The number of hydrogen-bond acceptors (Lipinski definition) is 2. The number of nitrogens with zero attached hydrogens (tertiary/aromatic N) is 2. The van der Waals surface area contributed by atoms with Crippen molar-refractivity contribution in [1.29, 1.82) is 0 Å². The van der Waals surface area contributed by atoms with Crippen LogP contribution >= 0.6 is 0 Å². The average Bonchev–Trinajstić information content (AvgIpc) is 2.74. The Morgan fingerprint density at radius 1 is 0.615 bits per heavy atom. The maximum atomic E-state index is 4.21. The molecule has 3 aromatic carbocycles. The van der Waals surface area contributed by atoms with Gasteiger partial charge in [0, 0.05) is 29.3 Å². The Bertz CT molecular complexity index is 961. The summed E-state index contributed by atoms with van der Waals surface area (Å²) in [5, 5.41) is 0. The lowest BCUT2D eigenvalue weighted by molar-refractivity contribution is 1.29. The molecule has 1 aliphatic rings. The number of anilines is 2. The quantitative estimate of drug-likeness (QED) is 0.516. The average molecular weight is 332 g/mol. The van der Waals surface area contributed by atoms with Crippen LogP contribution in [0.2, 0.25) is 0 Å². The van der Waals surface area contributed by atoms with Crippen molar-refractivity contribution in [3.05, 3.63) is 103 Å². The van der Waals surface area contributed by atoms with E-state index in [0.29, 0.717) is 0 Å². The fraction of sp³-hybridized carbons (Fsp3) is 0. The van der Waals surface area contributed by atoms with Crippen molar-refractivity contribution in [3.8, 4) is 11.1 Å². The van der Waals surface area contributed by atoms with Crippen LogP contribution in [-0.2, 0) is 0 Å². The molecule has 3 heteroatoms. The van der Waals surface area contributed by atoms with Gasteiger partial charge in [-0.15, -0.1) is 0 Å². The zero-order valence-electron chi connectivity index (χ0n) is 14.3. The molecule has 0 radical (unpaired) electrons. The van der Waals surface area contributed by atoms with Crippen molar-refractivity contribution in [3.63, 3.8) is 0 Å². The van der Waals surface area contributed by atoms with E-state index < -0.39 is 0 Å². The molecule has 0 fully saturated rings. The summed E-state index contributed by atoms with van der Waals surface area (Å²) in [6.07, 6.45) is 3.72. The third-order valence-corrected chi connectivity index (χ3v) is 5.02. The van der Waals surface area contributed by atoms with Crippen molar-refractivity contribution < 1.29 is 0 Å². The molecule has 26 heavy (non-hydrogen) atoms. The summed E-state index contributed by atoms with van der Waals surface area (Å²) in [4.78, 5) is 6.64. The molecule has 4 aromatic rings. The van der Waals surface area contributed by atoms with Crippen LogP contribution in [-0.4, -0.2) is 11.8 Å². The first-order chi connectivity index (χ1) is 12.9. The van der Waals surface area contributed by atoms with E-state index in [-0.39, 0.29) is 6.85 Å². The standard InChI is InChI=1S/C23H17BN2/c1-2-8-18(9-3-1)24-22-12-6-4-10-20(22)21-11-5-7-13-23(21)26(24)19-14-16-25-17-15-19/h1-17H. The van der Waals surface area contributed by atoms with Gasteiger partial charge in [-0.3, -0.25) is 4.98 Å². The van der Waals surface area contributed by atoms with E-state index in [1.807, 2.05) is 12.4 Å². The highest BCUT2D eigenvalue weighted by Gasteiger charge is 2.36. The summed E-state index contributed by atoms with van der Waals surface area (Å²) in [6, 6.07) is 32.3. The SMILES string of the molecule is c1ccc(B2c3ccccc3-c3ccccc3N2c2ccncc2)cc1. The van der Waals surface area contributed by atoms with Crippen LogP contribution in [0.15, 0.2) is 103 Å². The Kier molecular flexibility index (Phi) is 3.57. The summed E-state index contributed by atoms with van der Waals surface area (Å²) in [5.41, 5.74) is 7.57. The zero-order chi connectivity index (χ0) is 17.3. The van der Waals surface area contributed by atoms with E-state index >= 15 is 0 Å². The van der Waals surface area contributed by atoms with E-state index in [1.165, 1.54) is 27.7 Å². The van der Waals surface area contributed by atoms with Gasteiger partial charge in [0.15, 0.2) is 0 Å². The molecule has 0 atom stereocenters. The first kappa shape index (κ1) is 15.0. The number of benzene rings is 3. The molecule has 0 spiro atoms. The van der Waals surface area contributed by atoms with Crippen LogP contribution < -0.4 is 15.7 Å². The molecule has 1 aromatic heterocycles. The highest BCUT2D eigenvalue weighted by molar-refractivity contribution is 6.90. The molecule has 0 saturated carbocycles. The van der Waals surface area contributed by atoms with Crippen LogP contribution in [0, 0.1) is 0 Å². The number of aromatic nitrogens is 1. The molecular formula is C23H17BN2. The van der Waals surface area contributed by atoms with Gasteiger partial charge < -0.3 is 4.81 Å². The van der Waals surface area contributed by atoms with Gasteiger partial charge in [0.2, 0.25) is 0 Å². The topological polar surface area (TPSA) is 16.1 Å². The number of para-hydroxylation sites is 1. The minimum absolute atomic E-state index is 0.129. The fourth-order valence-corrected chi connectivity index (χ4v) is 3.93. The highest BCUT2D eigenvalue weighted by Crippen LogP contribution is 2.38.